The predicted molar refractivity (Wildman–Crippen MR) is 369 cm³/mol. The van der Waals surface area contributed by atoms with Crippen LogP contribution in [0.1, 0.15) is 66.5 Å². The van der Waals surface area contributed by atoms with Gasteiger partial charge in [0.1, 0.15) is 74.6 Å². The van der Waals surface area contributed by atoms with Crippen LogP contribution < -0.4 is 42.6 Å². The average molecular weight is 1350 g/mol. The Kier molecular flexibility index (Phi) is 22.5. The van der Waals surface area contributed by atoms with Gasteiger partial charge in [0.15, 0.2) is 40.6 Å². The van der Waals surface area contributed by atoms with Crippen molar-refractivity contribution < 1.29 is 61.1 Å². The van der Waals surface area contributed by atoms with Gasteiger partial charge in [0.2, 0.25) is 11.5 Å². The Bertz CT molecular complexity index is 4110. The van der Waals surface area contributed by atoms with Gasteiger partial charge in [-0.3, -0.25) is 4.21 Å². The fourth-order valence-corrected chi connectivity index (χ4v) is 12.1. The van der Waals surface area contributed by atoms with Crippen LogP contribution >= 0.6 is 15.9 Å². The summed E-state index contributed by atoms with van der Waals surface area (Å²) in [6.07, 6.45) is -2.90. The van der Waals surface area contributed by atoms with Gasteiger partial charge in [-0.25, -0.2) is 4.79 Å². The Morgan fingerprint density at radius 3 is 1.03 bits per heavy atom. The lowest BCUT2D eigenvalue weighted by atomic mass is 10.0. The Hall–Kier alpha value is -10.3. The van der Waals surface area contributed by atoms with E-state index >= 15 is 4.79 Å². The van der Waals surface area contributed by atoms with Crippen LogP contribution in [0.2, 0.25) is 0 Å². The molecule has 0 N–H and O–H groups in total. The molecule has 2 unspecified atom stereocenters. The lowest BCUT2D eigenvalue weighted by molar-refractivity contribution is -0.0562. The van der Waals surface area contributed by atoms with Gasteiger partial charge in [0, 0.05) is 23.4 Å². The van der Waals surface area contributed by atoms with Crippen LogP contribution in [0, 0.1) is 0 Å². The van der Waals surface area contributed by atoms with Crippen molar-refractivity contribution in [2.45, 2.75) is 70.5 Å². The fraction of sp³-hybridized carbons (Fsp3) is 0.163. The maximum Gasteiger partial charge on any atom is 0.338 e. The van der Waals surface area contributed by atoms with Crippen LogP contribution in [0.5, 0.6) is 51.7 Å². The molecule has 11 aromatic carbocycles. The van der Waals surface area contributed by atoms with Crippen LogP contribution in [0.4, 0.5) is 0 Å². The summed E-state index contributed by atoms with van der Waals surface area (Å²) in [5.41, 5.74) is 6.25. The highest BCUT2D eigenvalue weighted by atomic mass is 79.9. The van der Waals surface area contributed by atoms with E-state index < -0.39 is 34.4 Å². The Labute approximate surface area is 564 Å². The largest absolute Gasteiger partial charge is 0.489 e. The minimum atomic E-state index is -1.75. The molecule has 11 aromatic rings. The number of carbonyl (C=O) groups is 1. The highest BCUT2D eigenvalue weighted by molar-refractivity contribution is 9.10. The summed E-state index contributed by atoms with van der Waals surface area (Å²) in [5, 5.41) is 0. The molecule has 1 heterocycles. The van der Waals surface area contributed by atoms with Gasteiger partial charge in [-0.05, 0) is 84.7 Å². The summed E-state index contributed by atoms with van der Waals surface area (Å²) in [7, 11) is -1.75. The molecule has 95 heavy (non-hydrogen) atoms. The zero-order chi connectivity index (χ0) is 64.8. The maximum absolute atomic E-state index is 15.9. The molecule has 0 aromatic heterocycles. The summed E-state index contributed by atoms with van der Waals surface area (Å²) in [6.45, 7) is 1.25. The molecule has 1 fully saturated rings. The minimum Gasteiger partial charge on any atom is -0.489 e. The van der Waals surface area contributed by atoms with Gasteiger partial charge >= 0.3 is 5.97 Å². The summed E-state index contributed by atoms with van der Waals surface area (Å²) >= 11 is 3.90. The highest BCUT2D eigenvalue weighted by Gasteiger charge is 2.44. The van der Waals surface area contributed by atoms with Crippen molar-refractivity contribution in [3.05, 3.63) is 339 Å². The fourth-order valence-electron chi connectivity index (χ4n) is 10.5. The molecular weight excluding hydrogens is 1280 g/mol. The molecule has 1 aliphatic rings. The second-order valence-corrected chi connectivity index (χ2v) is 24.7. The third-order valence-electron chi connectivity index (χ3n) is 15.4. The van der Waals surface area contributed by atoms with Crippen molar-refractivity contribution in [2.24, 2.45) is 0 Å². The molecule has 0 bridgehead atoms. The molecule has 0 aliphatic carbocycles. The number of hydrogen-bond acceptors (Lipinski definition) is 13. The van der Waals surface area contributed by atoms with E-state index in [0.717, 1.165) is 44.5 Å². The first-order valence-electron chi connectivity index (χ1n) is 31.2. The van der Waals surface area contributed by atoms with Gasteiger partial charge in [-0.2, -0.15) is 0 Å². The van der Waals surface area contributed by atoms with E-state index in [9.17, 15) is 4.21 Å². The first-order chi connectivity index (χ1) is 46.8. The number of benzene rings is 11. The number of rotatable bonds is 31. The summed E-state index contributed by atoms with van der Waals surface area (Å²) < 4.78 is 89.8. The van der Waals surface area contributed by atoms with Gasteiger partial charge in [0.05, 0.1) is 23.0 Å². The number of esters is 1. The van der Waals surface area contributed by atoms with E-state index in [1.54, 1.807) is 36.4 Å². The SMILES string of the molecule is O=C(O[C@H](C1OCCS1=O)[C@@H](Oc1cc(OCc2ccccc2)cc(OCc2ccccc2)c1Br)c1cc(OCc2ccccc2)c(OCc2ccccc2)c(OCc2ccccc2)c1)c1cc(OCc2ccccc2)c(OCc2ccccc2)c(OCc2ccccc2)c1. The molecule has 0 radical (unpaired) electrons. The first kappa shape index (κ1) is 64.8. The number of halogens is 1. The standard InChI is InChI=1S/C80H69BrO13S/c81-74-68(86-50-58-27-11-2-12-28-58)47-67(85-49-57-25-9-1-10-26-57)48-69(74)93-75(65-43-70(87-51-59-29-13-3-14-30-59)76(91-55-63-37-21-7-22-38-63)71(44-65)88-52-60-31-15-4-16-32-60)78(80-84-41-42-95(80)83)94-79(82)66-45-72(89-53-61-33-17-5-18-34-61)77(92-56-64-39-23-8-24-40-64)73(46-66)90-54-62-35-19-6-20-36-62/h1-40,43-48,75,78,80H,41-42,49-56H2/t75-,78-,80?,95?/m0/s1. The number of ether oxygens (including phenoxy) is 11. The third kappa shape index (κ3) is 18.1. The smallest absolute Gasteiger partial charge is 0.338 e. The van der Waals surface area contributed by atoms with Crippen molar-refractivity contribution in [3.63, 3.8) is 0 Å². The zero-order valence-corrected chi connectivity index (χ0v) is 54.4. The molecule has 1 aliphatic heterocycles. The van der Waals surface area contributed by atoms with Crippen LogP contribution in [0.3, 0.4) is 0 Å². The van der Waals surface area contributed by atoms with Gasteiger partial charge < -0.3 is 52.1 Å². The maximum atomic E-state index is 15.9. The average Bonchev–Trinajstić information content (AvgIpc) is 1.57. The summed E-state index contributed by atoms with van der Waals surface area (Å²) in [4.78, 5) is 15.9. The Balaban J connectivity index is 1.02. The van der Waals surface area contributed by atoms with Crippen molar-refractivity contribution in [3.8, 4) is 51.7 Å². The van der Waals surface area contributed by atoms with Crippen LogP contribution in [-0.4, -0.2) is 34.1 Å². The molecule has 480 valence electrons. The van der Waals surface area contributed by atoms with Crippen molar-refractivity contribution in [2.75, 3.05) is 12.4 Å². The third-order valence-corrected chi connectivity index (χ3v) is 17.7. The Morgan fingerprint density at radius 2 is 0.695 bits per heavy atom. The van der Waals surface area contributed by atoms with Crippen LogP contribution in [0.15, 0.2) is 284 Å². The molecular formula is C80H69BrO13S. The topological polar surface area (TPSA) is 136 Å². The predicted octanol–water partition coefficient (Wildman–Crippen LogP) is 17.5. The molecule has 1 saturated heterocycles. The Morgan fingerprint density at radius 1 is 0.389 bits per heavy atom. The van der Waals surface area contributed by atoms with E-state index in [1.165, 1.54) is 0 Å². The van der Waals surface area contributed by atoms with Crippen molar-refractivity contribution in [1.29, 1.82) is 0 Å². The van der Waals surface area contributed by atoms with E-state index in [0.29, 0.717) is 27.3 Å². The molecule has 13 nitrogen and oxygen atoms in total. The van der Waals surface area contributed by atoms with Crippen molar-refractivity contribution in [1.82, 2.24) is 0 Å². The monoisotopic (exact) mass is 1350 g/mol. The van der Waals surface area contributed by atoms with E-state index in [2.05, 4.69) is 15.9 Å². The second kappa shape index (κ2) is 33.0. The van der Waals surface area contributed by atoms with Gasteiger partial charge in [-0.15, -0.1) is 0 Å². The van der Waals surface area contributed by atoms with Crippen LogP contribution in [-0.2, 0) is 73.1 Å². The van der Waals surface area contributed by atoms with Crippen molar-refractivity contribution >= 4 is 32.7 Å². The molecule has 12 rings (SSSR count). The van der Waals surface area contributed by atoms with Gasteiger partial charge in [-0.1, -0.05) is 243 Å². The lowest BCUT2D eigenvalue weighted by Crippen LogP contribution is -2.41. The lowest BCUT2D eigenvalue weighted by Gasteiger charge is -2.32. The molecule has 15 heteroatoms. The number of hydrogen-bond donors (Lipinski definition) is 0. The molecule has 0 saturated carbocycles. The summed E-state index contributed by atoms with van der Waals surface area (Å²) in [5.74, 6) is 1.80. The summed E-state index contributed by atoms with van der Waals surface area (Å²) in [6, 6.07) is 88.2. The highest BCUT2D eigenvalue weighted by Crippen LogP contribution is 2.48. The van der Waals surface area contributed by atoms with E-state index in [4.69, 9.17) is 52.1 Å². The molecule has 0 spiro atoms. The quantitative estimate of drug-likeness (QED) is 0.0382. The minimum absolute atomic E-state index is 0.0215. The number of carbonyl (C=O) groups excluding carboxylic acids is 1. The second-order valence-electron chi connectivity index (χ2n) is 22.3. The molecule has 4 atom stereocenters. The van der Waals surface area contributed by atoms with Crippen LogP contribution in [0.25, 0.3) is 0 Å². The normalized spacial score (nSPS) is 13.9. The van der Waals surface area contributed by atoms with E-state index in [-0.39, 0.29) is 105 Å². The van der Waals surface area contributed by atoms with E-state index in [1.807, 2.05) is 243 Å². The van der Waals surface area contributed by atoms with Gasteiger partial charge in [0.25, 0.3) is 0 Å². The molecule has 0 amide bonds. The zero-order valence-electron chi connectivity index (χ0n) is 52.0. The first-order valence-corrected chi connectivity index (χ1v) is 33.4.